The standard InChI is InChI=1S/C15H25NO/c1-5-16-11-14-7-6-8-15(10-14)17-13(4)9-12(2)3/h6-8,10,12-13,16H,5,9,11H2,1-4H3. The Bertz CT molecular complexity index is 322. The first-order chi connectivity index (χ1) is 8.11. The van der Waals surface area contributed by atoms with Gasteiger partial charge < -0.3 is 10.1 Å². The van der Waals surface area contributed by atoms with E-state index in [2.05, 4.69) is 51.2 Å². The number of nitrogens with one attached hydrogen (secondary N) is 1. The molecule has 0 aromatic heterocycles. The summed E-state index contributed by atoms with van der Waals surface area (Å²) in [4.78, 5) is 0. The second-order valence-corrected chi connectivity index (χ2v) is 4.99. The van der Waals surface area contributed by atoms with E-state index >= 15 is 0 Å². The van der Waals surface area contributed by atoms with E-state index in [-0.39, 0.29) is 6.10 Å². The summed E-state index contributed by atoms with van der Waals surface area (Å²) in [6, 6.07) is 8.35. The van der Waals surface area contributed by atoms with Gasteiger partial charge >= 0.3 is 0 Å². The van der Waals surface area contributed by atoms with E-state index < -0.39 is 0 Å². The second kappa shape index (κ2) is 7.33. The molecule has 0 heterocycles. The smallest absolute Gasteiger partial charge is 0.120 e. The minimum Gasteiger partial charge on any atom is -0.491 e. The molecule has 1 aromatic carbocycles. The van der Waals surface area contributed by atoms with Gasteiger partial charge in [-0.3, -0.25) is 0 Å². The molecule has 2 nitrogen and oxygen atoms in total. The van der Waals surface area contributed by atoms with Crippen molar-refractivity contribution in [1.82, 2.24) is 5.32 Å². The zero-order valence-corrected chi connectivity index (χ0v) is 11.5. The van der Waals surface area contributed by atoms with Crippen molar-refractivity contribution < 1.29 is 4.74 Å². The molecule has 2 heteroatoms. The third-order valence-corrected chi connectivity index (χ3v) is 2.62. The molecule has 0 radical (unpaired) electrons. The fourth-order valence-corrected chi connectivity index (χ4v) is 1.94. The average Bonchev–Trinajstić information content (AvgIpc) is 2.25. The quantitative estimate of drug-likeness (QED) is 0.779. The van der Waals surface area contributed by atoms with Crippen LogP contribution in [0.25, 0.3) is 0 Å². The van der Waals surface area contributed by atoms with Gasteiger partial charge in [0.2, 0.25) is 0 Å². The van der Waals surface area contributed by atoms with Crippen LogP contribution in [0.4, 0.5) is 0 Å². The van der Waals surface area contributed by atoms with Gasteiger partial charge in [-0.1, -0.05) is 32.9 Å². The molecule has 0 aliphatic rings. The number of hydrogen-bond donors (Lipinski definition) is 1. The molecule has 0 saturated heterocycles. The Morgan fingerprint density at radius 1 is 1.24 bits per heavy atom. The van der Waals surface area contributed by atoms with Crippen LogP contribution in [0, 0.1) is 5.92 Å². The average molecular weight is 235 g/mol. The summed E-state index contributed by atoms with van der Waals surface area (Å²) < 4.78 is 5.92. The number of rotatable bonds is 7. The van der Waals surface area contributed by atoms with Crippen molar-refractivity contribution in [3.05, 3.63) is 29.8 Å². The van der Waals surface area contributed by atoms with Crippen LogP contribution in [0.2, 0.25) is 0 Å². The van der Waals surface area contributed by atoms with Crippen molar-refractivity contribution >= 4 is 0 Å². The van der Waals surface area contributed by atoms with Gasteiger partial charge in [-0.25, -0.2) is 0 Å². The fourth-order valence-electron chi connectivity index (χ4n) is 1.94. The molecular weight excluding hydrogens is 210 g/mol. The molecule has 0 fully saturated rings. The molecule has 1 aromatic rings. The van der Waals surface area contributed by atoms with Crippen molar-refractivity contribution in [2.75, 3.05) is 6.54 Å². The molecule has 1 atom stereocenters. The molecule has 1 unspecified atom stereocenters. The summed E-state index contributed by atoms with van der Waals surface area (Å²) in [5, 5.41) is 3.32. The van der Waals surface area contributed by atoms with Gasteiger partial charge in [0.25, 0.3) is 0 Å². The molecule has 0 amide bonds. The third kappa shape index (κ3) is 5.73. The highest BCUT2D eigenvalue weighted by molar-refractivity contribution is 5.28. The summed E-state index contributed by atoms with van der Waals surface area (Å²) in [5.74, 6) is 1.66. The van der Waals surface area contributed by atoms with Gasteiger partial charge in [-0.2, -0.15) is 0 Å². The Morgan fingerprint density at radius 2 is 2.00 bits per heavy atom. The lowest BCUT2D eigenvalue weighted by molar-refractivity contribution is 0.193. The monoisotopic (exact) mass is 235 g/mol. The fraction of sp³-hybridized carbons (Fsp3) is 0.600. The predicted octanol–water partition coefficient (Wildman–Crippen LogP) is 3.61. The van der Waals surface area contributed by atoms with Gasteiger partial charge in [-0.05, 0) is 43.5 Å². The first-order valence-corrected chi connectivity index (χ1v) is 6.58. The van der Waals surface area contributed by atoms with Crippen LogP contribution in [0.1, 0.15) is 39.7 Å². The normalized spacial score (nSPS) is 12.8. The van der Waals surface area contributed by atoms with Crippen molar-refractivity contribution in [3.8, 4) is 5.75 Å². The van der Waals surface area contributed by atoms with Crippen LogP contribution >= 0.6 is 0 Å². The van der Waals surface area contributed by atoms with Crippen molar-refractivity contribution in [1.29, 1.82) is 0 Å². The van der Waals surface area contributed by atoms with E-state index in [1.807, 2.05) is 6.07 Å². The summed E-state index contributed by atoms with van der Waals surface area (Å²) in [6.07, 6.45) is 1.38. The lowest BCUT2D eigenvalue weighted by Gasteiger charge is -2.17. The molecule has 96 valence electrons. The van der Waals surface area contributed by atoms with Gasteiger partial charge in [0, 0.05) is 6.54 Å². The van der Waals surface area contributed by atoms with Gasteiger partial charge in [0.05, 0.1) is 6.10 Å². The first-order valence-electron chi connectivity index (χ1n) is 6.58. The molecule has 17 heavy (non-hydrogen) atoms. The Hall–Kier alpha value is -1.02. The number of benzene rings is 1. The minimum absolute atomic E-state index is 0.282. The molecular formula is C15H25NO. The topological polar surface area (TPSA) is 21.3 Å². The Morgan fingerprint density at radius 3 is 2.65 bits per heavy atom. The first kappa shape index (κ1) is 14.0. The zero-order valence-electron chi connectivity index (χ0n) is 11.5. The Balaban J connectivity index is 2.52. The maximum atomic E-state index is 5.92. The van der Waals surface area contributed by atoms with Crippen LogP contribution in [-0.2, 0) is 6.54 Å². The highest BCUT2D eigenvalue weighted by Gasteiger charge is 2.06. The van der Waals surface area contributed by atoms with E-state index in [1.165, 1.54) is 5.56 Å². The van der Waals surface area contributed by atoms with Gasteiger partial charge in [0.1, 0.15) is 5.75 Å². The van der Waals surface area contributed by atoms with Crippen molar-refractivity contribution in [3.63, 3.8) is 0 Å². The molecule has 1 rings (SSSR count). The second-order valence-electron chi connectivity index (χ2n) is 4.99. The maximum Gasteiger partial charge on any atom is 0.120 e. The largest absolute Gasteiger partial charge is 0.491 e. The van der Waals surface area contributed by atoms with Crippen LogP contribution in [0.5, 0.6) is 5.75 Å². The van der Waals surface area contributed by atoms with Crippen molar-refractivity contribution in [2.45, 2.75) is 46.8 Å². The maximum absolute atomic E-state index is 5.92. The van der Waals surface area contributed by atoms with Crippen LogP contribution in [0.3, 0.4) is 0 Å². The van der Waals surface area contributed by atoms with Crippen LogP contribution in [-0.4, -0.2) is 12.6 Å². The Kier molecular flexibility index (Phi) is 6.06. The number of ether oxygens (including phenoxy) is 1. The highest BCUT2D eigenvalue weighted by atomic mass is 16.5. The van der Waals surface area contributed by atoms with Crippen molar-refractivity contribution in [2.24, 2.45) is 5.92 Å². The minimum atomic E-state index is 0.282. The highest BCUT2D eigenvalue weighted by Crippen LogP contribution is 2.17. The summed E-state index contributed by atoms with van der Waals surface area (Å²) >= 11 is 0. The SMILES string of the molecule is CCNCc1cccc(OC(C)CC(C)C)c1. The number of hydrogen-bond acceptors (Lipinski definition) is 2. The predicted molar refractivity (Wildman–Crippen MR) is 73.4 cm³/mol. The summed E-state index contributed by atoms with van der Waals surface area (Å²) in [5.41, 5.74) is 1.28. The summed E-state index contributed by atoms with van der Waals surface area (Å²) in [7, 11) is 0. The third-order valence-electron chi connectivity index (χ3n) is 2.62. The Labute approximate surface area is 105 Å². The molecule has 0 aliphatic carbocycles. The molecule has 0 bridgehead atoms. The molecule has 0 spiro atoms. The molecule has 1 N–H and O–H groups in total. The lowest BCUT2D eigenvalue weighted by atomic mass is 10.1. The van der Waals surface area contributed by atoms with E-state index in [4.69, 9.17) is 4.74 Å². The van der Waals surface area contributed by atoms with Gasteiger partial charge in [0.15, 0.2) is 0 Å². The molecule has 0 saturated carbocycles. The van der Waals surface area contributed by atoms with Crippen LogP contribution < -0.4 is 10.1 Å². The van der Waals surface area contributed by atoms with E-state index in [0.717, 1.165) is 25.3 Å². The van der Waals surface area contributed by atoms with E-state index in [0.29, 0.717) is 5.92 Å². The van der Waals surface area contributed by atoms with E-state index in [1.54, 1.807) is 0 Å². The molecule has 0 aliphatic heterocycles. The van der Waals surface area contributed by atoms with Gasteiger partial charge in [-0.15, -0.1) is 0 Å². The summed E-state index contributed by atoms with van der Waals surface area (Å²) in [6.45, 7) is 10.6. The van der Waals surface area contributed by atoms with E-state index in [9.17, 15) is 0 Å². The lowest BCUT2D eigenvalue weighted by Crippen LogP contribution is -2.15. The zero-order chi connectivity index (χ0) is 12.7. The van der Waals surface area contributed by atoms with Crippen LogP contribution in [0.15, 0.2) is 24.3 Å².